The number of hydrogen-bond acceptors (Lipinski definition) is 7. The molecule has 0 heterocycles. The lowest BCUT2D eigenvalue weighted by molar-refractivity contribution is -0.190. The molecule has 0 aromatic rings. The van der Waals surface area contributed by atoms with Crippen LogP contribution in [0, 0.1) is 28.6 Å². The smallest absolute Gasteiger partial charge is 0.458 e. The zero-order valence-electron chi connectivity index (χ0n) is 21.0. The number of rotatable bonds is 6. The zero-order chi connectivity index (χ0) is 25.8. The van der Waals surface area contributed by atoms with Gasteiger partial charge in [-0.15, -0.1) is 0 Å². The van der Waals surface area contributed by atoms with Crippen molar-refractivity contribution in [3.63, 3.8) is 0 Å². The van der Waals surface area contributed by atoms with E-state index >= 15 is 0 Å². The Balaban J connectivity index is 1.61. The van der Waals surface area contributed by atoms with Crippen molar-refractivity contribution in [2.24, 2.45) is 28.6 Å². The molecule has 0 radical (unpaired) electrons. The van der Waals surface area contributed by atoms with E-state index in [9.17, 15) is 28.7 Å². The number of ether oxygens (including phenoxy) is 2. The van der Waals surface area contributed by atoms with Crippen LogP contribution in [0.5, 0.6) is 0 Å². The van der Waals surface area contributed by atoms with Crippen molar-refractivity contribution in [3.05, 3.63) is 11.6 Å². The Morgan fingerprint density at radius 2 is 1.71 bits per heavy atom. The van der Waals surface area contributed by atoms with E-state index in [2.05, 4.69) is 19.9 Å². The molecular weight excluding hydrogens is 475 g/mol. The molecule has 0 aromatic carbocycles. The van der Waals surface area contributed by atoms with Crippen LogP contribution in [0.3, 0.4) is 0 Å². The van der Waals surface area contributed by atoms with Crippen LogP contribution in [0.25, 0.3) is 0 Å². The van der Waals surface area contributed by atoms with Gasteiger partial charge in [-0.2, -0.15) is 0 Å². The van der Waals surface area contributed by atoms with Crippen molar-refractivity contribution in [2.75, 3.05) is 6.61 Å². The lowest BCUT2D eigenvalue weighted by Crippen LogP contribution is -2.59. The highest BCUT2D eigenvalue weighted by molar-refractivity contribution is 7.46. The standard InChI is InChI=1S/C25H37O9P/c1-15(26)32-14-22(28)25(33-16(2)27)12-9-21-19-6-5-17-13-18(34-35(29,30)31)7-10-23(17,3)20(19)8-11-24(21,25)4/h5,18-21H,6-14H2,1-4H3,(H2,29,30,31)/t18-,19+,20-,21+,23-,24-,25-/m0/s1. The van der Waals surface area contributed by atoms with Crippen LogP contribution in [0.1, 0.15) is 79.1 Å². The third-order valence-corrected chi connectivity index (χ3v) is 10.2. The molecule has 0 bridgehead atoms. The predicted molar refractivity (Wildman–Crippen MR) is 125 cm³/mol. The number of carbonyl (C=O) groups excluding carboxylic acids is 3. The summed E-state index contributed by atoms with van der Waals surface area (Å²) in [6.45, 7) is 6.48. The van der Waals surface area contributed by atoms with E-state index in [0.29, 0.717) is 37.5 Å². The highest BCUT2D eigenvalue weighted by atomic mass is 31.2. The molecule has 10 heteroatoms. The van der Waals surface area contributed by atoms with Gasteiger partial charge < -0.3 is 19.3 Å². The van der Waals surface area contributed by atoms with Crippen molar-refractivity contribution >= 4 is 25.5 Å². The molecule has 2 N–H and O–H groups in total. The summed E-state index contributed by atoms with van der Waals surface area (Å²) < 4.78 is 27.3. The second kappa shape index (κ2) is 9.09. The maximum absolute atomic E-state index is 13.4. The first-order valence-electron chi connectivity index (χ1n) is 12.5. The Morgan fingerprint density at radius 1 is 1.03 bits per heavy atom. The Hall–Kier alpha value is -1.54. The first-order valence-corrected chi connectivity index (χ1v) is 14.0. The Labute approximate surface area is 206 Å². The molecule has 0 unspecified atom stereocenters. The van der Waals surface area contributed by atoms with Crippen LogP contribution in [-0.4, -0.2) is 45.8 Å². The molecule has 0 aliphatic heterocycles. The van der Waals surface area contributed by atoms with Gasteiger partial charge in [-0.3, -0.25) is 18.9 Å². The van der Waals surface area contributed by atoms with E-state index in [0.717, 1.165) is 25.7 Å². The van der Waals surface area contributed by atoms with Gasteiger partial charge in [-0.05, 0) is 74.5 Å². The molecule has 3 fully saturated rings. The fourth-order valence-electron chi connectivity index (χ4n) is 8.12. The maximum atomic E-state index is 13.4. The molecule has 0 saturated heterocycles. The second-order valence-electron chi connectivity index (χ2n) is 11.3. The van der Waals surface area contributed by atoms with Gasteiger partial charge in [0.05, 0.1) is 6.10 Å². The lowest BCUT2D eigenvalue weighted by Gasteiger charge is -2.59. The van der Waals surface area contributed by atoms with Gasteiger partial charge in [0, 0.05) is 19.3 Å². The number of phosphoric acid groups is 1. The summed E-state index contributed by atoms with van der Waals surface area (Å²) in [6.07, 6.45) is 7.18. The van der Waals surface area contributed by atoms with Gasteiger partial charge in [0.2, 0.25) is 5.78 Å². The average molecular weight is 513 g/mol. The number of hydrogen-bond donors (Lipinski definition) is 2. The first kappa shape index (κ1) is 26.5. The Bertz CT molecular complexity index is 985. The van der Waals surface area contributed by atoms with Crippen molar-refractivity contribution < 1.29 is 42.7 Å². The SMILES string of the molecule is CC(=O)OCC(=O)[C@@]1(OC(C)=O)CC[C@@H]2[C@@H]3CC=C4C[C@@H](OP(=O)(O)O)CC[C@]4(C)[C@H]3CC[C@@]21C. The third-order valence-electron chi connectivity index (χ3n) is 9.64. The van der Waals surface area contributed by atoms with Crippen LogP contribution < -0.4 is 0 Å². The summed E-state index contributed by atoms with van der Waals surface area (Å²) in [5.41, 5.74) is -0.737. The molecule has 0 amide bonds. The van der Waals surface area contributed by atoms with Gasteiger partial charge in [-0.25, -0.2) is 4.57 Å². The van der Waals surface area contributed by atoms with Gasteiger partial charge in [0.15, 0.2) is 12.2 Å². The van der Waals surface area contributed by atoms with E-state index in [4.69, 9.17) is 14.0 Å². The van der Waals surface area contributed by atoms with Crippen molar-refractivity contribution in [1.29, 1.82) is 0 Å². The van der Waals surface area contributed by atoms with Crippen LogP contribution in [0.15, 0.2) is 11.6 Å². The monoisotopic (exact) mass is 512 g/mol. The number of Topliss-reactive ketones (excluding diaryl/α,β-unsaturated/α-hetero) is 1. The zero-order valence-corrected chi connectivity index (χ0v) is 21.8. The molecule has 35 heavy (non-hydrogen) atoms. The number of fused-ring (bicyclic) bond motifs is 5. The normalized spacial score (nSPS) is 40.6. The summed E-state index contributed by atoms with van der Waals surface area (Å²) in [5.74, 6) is -0.559. The quantitative estimate of drug-likeness (QED) is 0.309. The lowest BCUT2D eigenvalue weighted by atomic mass is 9.46. The molecule has 196 valence electrons. The van der Waals surface area contributed by atoms with Crippen LogP contribution in [0.2, 0.25) is 0 Å². The van der Waals surface area contributed by atoms with Gasteiger partial charge in [-0.1, -0.05) is 25.5 Å². The van der Waals surface area contributed by atoms with E-state index in [1.54, 1.807) is 0 Å². The average Bonchev–Trinajstić information content (AvgIpc) is 3.04. The number of phosphoric ester groups is 1. The molecular formula is C25H37O9P. The molecule has 0 aromatic heterocycles. The molecule has 0 spiro atoms. The summed E-state index contributed by atoms with van der Waals surface area (Å²) >= 11 is 0. The summed E-state index contributed by atoms with van der Waals surface area (Å²) in [5, 5.41) is 0. The maximum Gasteiger partial charge on any atom is 0.469 e. The Kier molecular flexibility index (Phi) is 6.89. The molecule has 7 atom stereocenters. The summed E-state index contributed by atoms with van der Waals surface area (Å²) in [6, 6.07) is 0. The van der Waals surface area contributed by atoms with Gasteiger partial charge >= 0.3 is 19.8 Å². The highest BCUT2D eigenvalue weighted by Gasteiger charge is 2.68. The van der Waals surface area contributed by atoms with Gasteiger partial charge in [0.1, 0.15) is 0 Å². The van der Waals surface area contributed by atoms with Crippen molar-refractivity contribution in [1.82, 2.24) is 0 Å². The van der Waals surface area contributed by atoms with E-state index in [1.807, 2.05) is 0 Å². The van der Waals surface area contributed by atoms with Crippen LogP contribution >= 0.6 is 7.82 Å². The van der Waals surface area contributed by atoms with Gasteiger partial charge in [0.25, 0.3) is 0 Å². The van der Waals surface area contributed by atoms with E-state index < -0.39 is 43.5 Å². The minimum Gasteiger partial charge on any atom is -0.458 e. The first-order chi connectivity index (χ1) is 16.2. The van der Waals surface area contributed by atoms with Crippen molar-refractivity contribution in [2.45, 2.75) is 90.8 Å². The molecule has 4 rings (SSSR count). The van der Waals surface area contributed by atoms with Crippen LogP contribution in [-0.2, 0) is 32.9 Å². The fourth-order valence-corrected chi connectivity index (χ4v) is 8.69. The van der Waals surface area contributed by atoms with E-state index in [-0.39, 0.29) is 17.1 Å². The van der Waals surface area contributed by atoms with Crippen LogP contribution in [0.4, 0.5) is 0 Å². The number of carbonyl (C=O) groups is 3. The van der Waals surface area contributed by atoms with E-state index in [1.165, 1.54) is 19.4 Å². The number of ketones is 1. The predicted octanol–water partition coefficient (Wildman–Crippen LogP) is 3.86. The summed E-state index contributed by atoms with van der Waals surface area (Å²) in [4.78, 5) is 55.5. The molecule has 3 saturated carbocycles. The molecule has 9 nitrogen and oxygen atoms in total. The van der Waals surface area contributed by atoms with Crippen molar-refractivity contribution in [3.8, 4) is 0 Å². The highest BCUT2D eigenvalue weighted by Crippen LogP contribution is 2.68. The second-order valence-corrected chi connectivity index (χ2v) is 12.5. The topological polar surface area (TPSA) is 136 Å². The largest absolute Gasteiger partial charge is 0.469 e. The number of esters is 2. The molecule has 4 aliphatic rings. The minimum atomic E-state index is -4.54. The summed E-state index contributed by atoms with van der Waals surface area (Å²) in [7, 11) is -4.54. The minimum absolute atomic E-state index is 0.0898. The number of allylic oxidation sites excluding steroid dienone is 1. The Morgan fingerprint density at radius 3 is 2.34 bits per heavy atom. The molecule has 4 aliphatic carbocycles. The fraction of sp³-hybridized carbons (Fsp3) is 0.800. The third kappa shape index (κ3) is 4.54.